The number of aliphatic hydroxyl groups excluding tert-OH is 1. The van der Waals surface area contributed by atoms with Crippen molar-refractivity contribution < 1.29 is 9.84 Å². The van der Waals surface area contributed by atoms with Crippen LogP contribution >= 0.6 is 11.6 Å². The van der Waals surface area contributed by atoms with E-state index in [0.29, 0.717) is 10.9 Å². The average Bonchev–Trinajstić information content (AvgIpc) is 3.04. The van der Waals surface area contributed by atoms with Gasteiger partial charge in [0.2, 0.25) is 5.90 Å². The van der Waals surface area contributed by atoms with E-state index in [1.165, 1.54) is 11.1 Å². The minimum absolute atomic E-state index is 0.0680. The quantitative estimate of drug-likeness (QED) is 0.924. The summed E-state index contributed by atoms with van der Waals surface area (Å²) in [6.07, 6.45) is 0.954. The van der Waals surface area contributed by atoms with Crippen molar-refractivity contribution in [2.24, 2.45) is 4.99 Å². The van der Waals surface area contributed by atoms with Crippen LogP contribution in [0.2, 0.25) is 5.02 Å². The Morgan fingerprint density at radius 3 is 2.95 bits per heavy atom. The van der Waals surface area contributed by atoms with Gasteiger partial charge in [0.15, 0.2) is 0 Å². The molecule has 0 fully saturated rings. The highest BCUT2D eigenvalue weighted by Crippen LogP contribution is 2.41. The number of halogens is 1. The maximum atomic E-state index is 9.49. The zero-order valence-corrected chi connectivity index (χ0v) is 12.0. The summed E-state index contributed by atoms with van der Waals surface area (Å²) in [5.74, 6) is 0.611. The molecule has 0 bridgehead atoms. The molecule has 0 unspecified atom stereocenters. The number of aliphatic hydroxyl groups is 1. The molecule has 3 nitrogen and oxygen atoms in total. The van der Waals surface area contributed by atoms with Crippen molar-refractivity contribution in [1.29, 1.82) is 0 Å². The molecule has 0 aromatic heterocycles. The number of ether oxygens (including phenoxy) is 1. The summed E-state index contributed by atoms with van der Waals surface area (Å²) in [5.41, 5.74) is 4.13. The summed E-state index contributed by atoms with van der Waals surface area (Å²) in [7, 11) is 0. The fourth-order valence-electron chi connectivity index (χ4n) is 3.13. The minimum atomic E-state index is -0.0792. The van der Waals surface area contributed by atoms with Gasteiger partial charge in [-0.25, -0.2) is 4.99 Å². The summed E-state index contributed by atoms with van der Waals surface area (Å²) in [6.45, 7) is -0.0792. The van der Waals surface area contributed by atoms with Crippen molar-refractivity contribution in [1.82, 2.24) is 0 Å². The Morgan fingerprint density at radius 1 is 1.24 bits per heavy atom. The van der Waals surface area contributed by atoms with Gasteiger partial charge in [-0.05, 0) is 34.9 Å². The first-order chi connectivity index (χ1) is 10.3. The smallest absolute Gasteiger partial charge is 0.217 e. The average molecular weight is 300 g/mol. The van der Waals surface area contributed by atoms with Gasteiger partial charge >= 0.3 is 0 Å². The van der Waals surface area contributed by atoms with Gasteiger partial charge in [-0.15, -0.1) is 0 Å². The summed E-state index contributed by atoms with van der Waals surface area (Å²) in [6, 6.07) is 13.8. The second-order valence-electron chi connectivity index (χ2n) is 5.40. The normalized spacial score (nSPS) is 22.5. The number of benzene rings is 2. The van der Waals surface area contributed by atoms with Gasteiger partial charge in [-0.3, -0.25) is 0 Å². The Balaban J connectivity index is 1.74. The van der Waals surface area contributed by atoms with E-state index in [1.54, 1.807) is 12.1 Å². The summed E-state index contributed by atoms with van der Waals surface area (Å²) in [5, 5.41) is 10.1. The highest BCUT2D eigenvalue weighted by Gasteiger charge is 2.39. The first-order valence-corrected chi connectivity index (χ1v) is 7.36. The molecule has 4 rings (SSSR count). The molecule has 2 aromatic rings. The molecule has 21 heavy (non-hydrogen) atoms. The molecule has 2 atom stereocenters. The van der Waals surface area contributed by atoms with Gasteiger partial charge in [-0.2, -0.15) is 0 Å². The van der Waals surface area contributed by atoms with Gasteiger partial charge in [-0.1, -0.05) is 35.9 Å². The third kappa shape index (κ3) is 2.04. The first-order valence-electron chi connectivity index (χ1n) is 6.98. The summed E-state index contributed by atoms with van der Waals surface area (Å²) in [4.78, 5) is 4.74. The van der Waals surface area contributed by atoms with E-state index in [4.69, 9.17) is 21.3 Å². The first kappa shape index (κ1) is 12.9. The van der Waals surface area contributed by atoms with Gasteiger partial charge in [0.25, 0.3) is 0 Å². The van der Waals surface area contributed by atoms with E-state index >= 15 is 0 Å². The van der Waals surface area contributed by atoms with Crippen LogP contribution in [0, 0.1) is 0 Å². The van der Waals surface area contributed by atoms with Crippen LogP contribution in [0.25, 0.3) is 0 Å². The van der Waals surface area contributed by atoms with Crippen molar-refractivity contribution in [3.8, 4) is 0 Å². The number of hydrogen-bond donors (Lipinski definition) is 1. The molecular formula is C17H14ClNO2. The van der Waals surface area contributed by atoms with Crippen molar-refractivity contribution in [2.45, 2.75) is 25.2 Å². The Morgan fingerprint density at radius 2 is 2.10 bits per heavy atom. The summed E-state index contributed by atoms with van der Waals surface area (Å²) < 4.78 is 6.03. The maximum absolute atomic E-state index is 9.49. The molecule has 106 valence electrons. The molecule has 0 saturated heterocycles. The topological polar surface area (TPSA) is 41.8 Å². The molecule has 2 aliphatic rings. The maximum Gasteiger partial charge on any atom is 0.217 e. The molecule has 1 N–H and O–H groups in total. The molecule has 1 aliphatic heterocycles. The number of fused-ring (bicyclic) bond motifs is 3. The largest absolute Gasteiger partial charge is 0.471 e. The minimum Gasteiger partial charge on any atom is -0.471 e. The van der Waals surface area contributed by atoms with Crippen molar-refractivity contribution >= 4 is 17.5 Å². The van der Waals surface area contributed by atoms with Gasteiger partial charge < -0.3 is 9.84 Å². The molecule has 4 heteroatoms. The van der Waals surface area contributed by atoms with Crippen LogP contribution < -0.4 is 0 Å². The molecule has 2 aromatic carbocycles. The third-order valence-corrected chi connectivity index (χ3v) is 4.37. The van der Waals surface area contributed by atoms with Gasteiger partial charge in [0.1, 0.15) is 12.1 Å². The van der Waals surface area contributed by atoms with Crippen LogP contribution in [0.3, 0.4) is 0 Å². The van der Waals surface area contributed by atoms with Crippen LogP contribution in [0.15, 0.2) is 47.5 Å². The number of rotatable bonds is 2. The van der Waals surface area contributed by atoms with Gasteiger partial charge in [0, 0.05) is 17.0 Å². The van der Waals surface area contributed by atoms with E-state index < -0.39 is 0 Å². The van der Waals surface area contributed by atoms with Crippen molar-refractivity contribution in [2.75, 3.05) is 0 Å². The molecule has 1 heterocycles. The summed E-state index contributed by atoms with van der Waals surface area (Å²) >= 11 is 5.97. The second-order valence-corrected chi connectivity index (χ2v) is 5.83. The Labute approximate surface area is 127 Å². The highest BCUT2D eigenvalue weighted by atomic mass is 35.5. The molecule has 0 amide bonds. The molecule has 1 aliphatic carbocycles. The predicted molar refractivity (Wildman–Crippen MR) is 81.7 cm³/mol. The fraction of sp³-hybridized carbons (Fsp3) is 0.235. The SMILES string of the molecule is OCc1cc(Cl)ccc1C1=N[C@H]2c3ccccc3C[C@H]2O1. The van der Waals surface area contributed by atoms with Crippen molar-refractivity contribution in [3.63, 3.8) is 0 Å². The highest BCUT2D eigenvalue weighted by molar-refractivity contribution is 6.30. The lowest BCUT2D eigenvalue weighted by Crippen LogP contribution is -2.14. The fourth-order valence-corrected chi connectivity index (χ4v) is 3.33. The van der Waals surface area contributed by atoms with E-state index in [0.717, 1.165) is 17.5 Å². The van der Waals surface area contributed by atoms with E-state index in [2.05, 4.69) is 12.1 Å². The van der Waals surface area contributed by atoms with Gasteiger partial charge in [0.05, 0.1) is 6.61 Å². The third-order valence-electron chi connectivity index (χ3n) is 4.13. The zero-order valence-electron chi connectivity index (χ0n) is 11.3. The monoisotopic (exact) mass is 299 g/mol. The van der Waals surface area contributed by atoms with Crippen molar-refractivity contribution in [3.05, 3.63) is 69.7 Å². The Kier molecular flexibility index (Phi) is 2.98. The van der Waals surface area contributed by atoms with Crippen LogP contribution in [-0.2, 0) is 17.8 Å². The molecule has 0 radical (unpaired) electrons. The van der Waals surface area contributed by atoms with Crippen LogP contribution in [0.5, 0.6) is 0 Å². The van der Waals surface area contributed by atoms with E-state index in [9.17, 15) is 5.11 Å². The lowest BCUT2D eigenvalue weighted by atomic mass is 10.1. The zero-order chi connectivity index (χ0) is 14.4. The Hall–Kier alpha value is -1.84. The standard InChI is InChI=1S/C17H14ClNO2/c18-12-5-6-14(11(7-12)9-20)17-19-16-13-4-2-1-3-10(13)8-15(16)21-17/h1-7,15-16,20H,8-9H2/t15-,16+/m1/s1. The Bertz CT molecular complexity index is 741. The van der Waals surface area contributed by atoms with Crippen LogP contribution in [0.1, 0.15) is 28.3 Å². The van der Waals surface area contributed by atoms with E-state index in [1.807, 2.05) is 18.2 Å². The molecule has 0 spiro atoms. The lowest BCUT2D eigenvalue weighted by Gasteiger charge is -2.11. The number of hydrogen-bond acceptors (Lipinski definition) is 3. The molecule has 0 saturated carbocycles. The molecular weight excluding hydrogens is 286 g/mol. The predicted octanol–water partition coefficient (Wildman–Crippen LogP) is 3.28. The second kappa shape index (κ2) is 4.86. The van der Waals surface area contributed by atoms with E-state index in [-0.39, 0.29) is 18.8 Å². The lowest BCUT2D eigenvalue weighted by molar-refractivity contribution is 0.206. The number of aliphatic imine (C=N–C) groups is 1. The van der Waals surface area contributed by atoms with Crippen LogP contribution in [-0.4, -0.2) is 17.1 Å². The number of nitrogens with zero attached hydrogens (tertiary/aromatic N) is 1. The van der Waals surface area contributed by atoms with Crippen LogP contribution in [0.4, 0.5) is 0 Å².